The Morgan fingerprint density at radius 1 is 1.29 bits per heavy atom. The summed E-state index contributed by atoms with van der Waals surface area (Å²) in [6.07, 6.45) is 1.45. The van der Waals surface area contributed by atoms with E-state index in [4.69, 9.17) is 0 Å². The number of nitro groups is 1. The SMILES string of the molecule is N#Cc1c(-c2ccccc2)nc(NN=Cc2ccc([N+](=O)[O-])cc2I)[nH]c1=O. The number of aromatic nitrogens is 2. The van der Waals surface area contributed by atoms with Gasteiger partial charge in [-0.15, -0.1) is 0 Å². The maximum absolute atomic E-state index is 12.2. The third kappa shape index (κ3) is 4.21. The number of hydrazone groups is 1. The lowest BCUT2D eigenvalue weighted by atomic mass is 10.1. The van der Waals surface area contributed by atoms with Crippen LogP contribution in [0, 0.1) is 25.0 Å². The lowest BCUT2D eigenvalue weighted by Gasteiger charge is -2.06. The number of hydrogen-bond acceptors (Lipinski definition) is 7. The molecule has 0 spiro atoms. The van der Waals surface area contributed by atoms with Gasteiger partial charge < -0.3 is 0 Å². The van der Waals surface area contributed by atoms with E-state index in [1.165, 1.54) is 18.3 Å². The highest BCUT2D eigenvalue weighted by atomic mass is 127. The number of benzene rings is 2. The Labute approximate surface area is 172 Å². The topological polar surface area (TPSA) is 137 Å². The van der Waals surface area contributed by atoms with Crippen LogP contribution in [0.4, 0.5) is 11.6 Å². The Morgan fingerprint density at radius 3 is 2.68 bits per heavy atom. The van der Waals surface area contributed by atoms with Gasteiger partial charge >= 0.3 is 0 Å². The van der Waals surface area contributed by atoms with E-state index < -0.39 is 10.5 Å². The zero-order valence-corrected chi connectivity index (χ0v) is 16.2. The number of halogens is 1. The molecule has 1 heterocycles. The molecule has 2 aromatic carbocycles. The minimum absolute atomic E-state index is 0.0138. The summed E-state index contributed by atoms with van der Waals surface area (Å²) in [4.78, 5) is 29.2. The van der Waals surface area contributed by atoms with E-state index in [-0.39, 0.29) is 22.9 Å². The summed E-state index contributed by atoms with van der Waals surface area (Å²) >= 11 is 1.97. The lowest BCUT2D eigenvalue weighted by Crippen LogP contribution is -2.16. The third-order valence-corrected chi connectivity index (χ3v) is 4.58. The van der Waals surface area contributed by atoms with Crippen LogP contribution < -0.4 is 11.0 Å². The average Bonchev–Trinajstić information content (AvgIpc) is 2.69. The van der Waals surface area contributed by atoms with Crippen molar-refractivity contribution in [2.75, 3.05) is 5.43 Å². The van der Waals surface area contributed by atoms with Gasteiger partial charge in [0.15, 0.2) is 0 Å². The molecule has 0 aliphatic carbocycles. The number of nitriles is 1. The molecule has 0 aliphatic heterocycles. The minimum atomic E-state index is -0.584. The van der Waals surface area contributed by atoms with Crippen LogP contribution in [-0.2, 0) is 0 Å². The number of H-pyrrole nitrogens is 1. The van der Waals surface area contributed by atoms with Gasteiger partial charge in [0.2, 0.25) is 5.95 Å². The highest BCUT2D eigenvalue weighted by Crippen LogP contribution is 2.20. The van der Waals surface area contributed by atoms with Crippen molar-refractivity contribution in [1.29, 1.82) is 5.26 Å². The van der Waals surface area contributed by atoms with Gasteiger partial charge in [0.1, 0.15) is 11.6 Å². The van der Waals surface area contributed by atoms with Gasteiger partial charge in [-0.2, -0.15) is 10.4 Å². The van der Waals surface area contributed by atoms with Crippen molar-refractivity contribution < 1.29 is 4.92 Å². The number of nitrogens with zero attached hydrogens (tertiary/aromatic N) is 4. The summed E-state index contributed by atoms with van der Waals surface area (Å²) in [5.74, 6) is 0.0658. The molecule has 0 aliphatic rings. The quantitative estimate of drug-likeness (QED) is 0.246. The van der Waals surface area contributed by atoms with Gasteiger partial charge in [-0.3, -0.25) is 19.9 Å². The standard InChI is InChI=1S/C18H11IN6O3/c19-15-8-13(25(27)28)7-6-12(15)10-21-24-18-22-16(11-4-2-1-3-5-11)14(9-20)17(26)23-18/h1-8,10H,(H2,22,23,24,26). The molecule has 9 nitrogen and oxygen atoms in total. The van der Waals surface area contributed by atoms with Crippen molar-refractivity contribution in [3.8, 4) is 17.3 Å². The van der Waals surface area contributed by atoms with Crippen molar-refractivity contribution in [3.63, 3.8) is 0 Å². The molecular formula is C18H11IN6O3. The molecule has 0 fully saturated rings. The first-order valence-corrected chi connectivity index (χ1v) is 8.90. The molecule has 0 atom stereocenters. The molecule has 138 valence electrons. The fourth-order valence-electron chi connectivity index (χ4n) is 2.33. The fourth-order valence-corrected chi connectivity index (χ4v) is 2.97. The van der Waals surface area contributed by atoms with Crippen LogP contribution in [0.2, 0.25) is 0 Å². The number of rotatable bonds is 5. The Morgan fingerprint density at radius 2 is 2.04 bits per heavy atom. The van der Waals surface area contributed by atoms with Crippen LogP contribution in [0.3, 0.4) is 0 Å². The third-order valence-electron chi connectivity index (χ3n) is 3.65. The summed E-state index contributed by atoms with van der Waals surface area (Å²) in [7, 11) is 0. The number of non-ortho nitro benzene ring substituents is 1. The van der Waals surface area contributed by atoms with E-state index in [1.54, 1.807) is 30.3 Å². The Kier molecular flexibility index (Phi) is 5.75. The van der Waals surface area contributed by atoms with Gasteiger partial charge in [-0.1, -0.05) is 30.3 Å². The van der Waals surface area contributed by atoms with E-state index in [0.29, 0.717) is 14.7 Å². The minimum Gasteiger partial charge on any atom is -0.290 e. The number of nitrogens with one attached hydrogen (secondary N) is 2. The predicted octanol–water partition coefficient (Wildman–Crippen LogP) is 3.27. The highest BCUT2D eigenvalue weighted by molar-refractivity contribution is 14.1. The smallest absolute Gasteiger partial charge is 0.270 e. The van der Waals surface area contributed by atoms with Gasteiger partial charge in [0.25, 0.3) is 11.2 Å². The largest absolute Gasteiger partial charge is 0.290 e. The van der Waals surface area contributed by atoms with Crippen LogP contribution in [0.15, 0.2) is 58.4 Å². The first-order valence-electron chi connectivity index (χ1n) is 7.82. The Hall–Kier alpha value is -3.59. The molecule has 1 aromatic heterocycles. The van der Waals surface area contributed by atoms with E-state index in [0.717, 1.165) is 0 Å². The molecule has 0 radical (unpaired) electrons. The first-order chi connectivity index (χ1) is 13.5. The van der Waals surface area contributed by atoms with E-state index in [9.17, 15) is 20.2 Å². The molecule has 0 saturated heterocycles. The second-order valence-corrected chi connectivity index (χ2v) is 6.61. The van der Waals surface area contributed by atoms with Crippen LogP contribution >= 0.6 is 22.6 Å². The molecule has 2 N–H and O–H groups in total. The van der Waals surface area contributed by atoms with Crippen molar-refractivity contribution in [1.82, 2.24) is 9.97 Å². The summed E-state index contributed by atoms with van der Waals surface area (Å²) in [6.45, 7) is 0. The summed E-state index contributed by atoms with van der Waals surface area (Å²) < 4.78 is 0.642. The number of anilines is 1. The van der Waals surface area contributed by atoms with Gasteiger partial charge in [0.05, 0.1) is 16.8 Å². The molecule has 0 unspecified atom stereocenters. The van der Waals surface area contributed by atoms with Crippen molar-refractivity contribution in [2.24, 2.45) is 5.10 Å². The Balaban J connectivity index is 1.89. The average molecular weight is 486 g/mol. The molecule has 3 aromatic rings. The first kappa shape index (κ1) is 19.2. The normalized spacial score (nSPS) is 10.6. The van der Waals surface area contributed by atoms with Crippen LogP contribution in [0.5, 0.6) is 0 Å². The summed E-state index contributed by atoms with van der Waals surface area (Å²) in [5.41, 5.74) is 3.45. The van der Waals surface area contributed by atoms with Gasteiger partial charge in [0, 0.05) is 26.8 Å². The second kappa shape index (κ2) is 8.40. The number of aromatic amines is 1. The maximum Gasteiger partial charge on any atom is 0.270 e. The second-order valence-electron chi connectivity index (χ2n) is 5.45. The summed E-state index contributed by atoms with van der Waals surface area (Å²) in [5, 5.41) is 24.1. The number of nitro benzene ring substituents is 1. The van der Waals surface area contributed by atoms with E-state index >= 15 is 0 Å². The van der Waals surface area contributed by atoms with Crippen molar-refractivity contribution in [2.45, 2.75) is 0 Å². The molecule has 0 bridgehead atoms. The van der Waals surface area contributed by atoms with E-state index in [1.807, 2.05) is 34.7 Å². The van der Waals surface area contributed by atoms with Crippen LogP contribution in [-0.4, -0.2) is 21.1 Å². The predicted molar refractivity (Wildman–Crippen MR) is 112 cm³/mol. The lowest BCUT2D eigenvalue weighted by molar-refractivity contribution is -0.384. The van der Waals surface area contributed by atoms with Crippen LogP contribution in [0.25, 0.3) is 11.3 Å². The fraction of sp³-hybridized carbons (Fsp3) is 0. The summed E-state index contributed by atoms with van der Waals surface area (Å²) in [6, 6.07) is 15.1. The Bertz CT molecular complexity index is 1170. The molecule has 3 rings (SSSR count). The van der Waals surface area contributed by atoms with Gasteiger partial charge in [-0.25, -0.2) is 10.4 Å². The zero-order valence-electron chi connectivity index (χ0n) is 14.1. The van der Waals surface area contributed by atoms with Gasteiger partial charge in [-0.05, 0) is 28.7 Å². The molecule has 10 heteroatoms. The molecular weight excluding hydrogens is 475 g/mol. The zero-order chi connectivity index (χ0) is 20.1. The number of hydrogen-bond donors (Lipinski definition) is 2. The van der Waals surface area contributed by atoms with Crippen molar-refractivity contribution >= 4 is 40.4 Å². The van der Waals surface area contributed by atoms with Crippen LogP contribution in [0.1, 0.15) is 11.1 Å². The molecule has 0 amide bonds. The highest BCUT2D eigenvalue weighted by Gasteiger charge is 2.13. The maximum atomic E-state index is 12.2. The monoisotopic (exact) mass is 486 g/mol. The van der Waals surface area contributed by atoms with E-state index in [2.05, 4.69) is 20.5 Å². The molecule has 28 heavy (non-hydrogen) atoms. The van der Waals surface area contributed by atoms with Crippen molar-refractivity contribution in [3.05, 3.63) is 83.7 Å². The molecule has 0 saturated carbocycles.